The van der Waals surface area contributed by atoms with Crippen LogP contribution in [-0.4, -0.2) is 16.9 Å². The SMILES string of the molecule is CCC(C)NC(=O)c1cncc(Nc2cccc(C)c2C)c1. The van der Waals surface area contributed by atoms with E-state index in [1.165, 1.54) is 11.1 Å². The van der Waals surface area contributed by atoms with E-state index in [2.05, 4.69) is 35.5 Å². The number of carbonyl (C=O) groups excluding carboxylic acids is 1. The molecule has 0 spiro atoms. The van der Waals surface area contributed by atoms with E-state index in [1.54, 1.807) is 12.4 Å². The van der Waals surface area contributed by atoms with Gasteiger partial charge in [0.25, 0.3) is 5.91 Å². The predicted octanol–water partition coefficient (Wildman–Crippen LogP) is 3.97. The van der Waals surface area contributed by atoms with E-state index >= 15 is 0 Å². The average molecular weight is 297 g/mol. The molecule has 0 aliphatic carbocycles. The molecule has 1 aromatic carbocycles. The van der Waals surface area contributed by atoms with E-state index in [9.17, 15) is 4.79 Å². The number of benzene rings is 1. The Labute approximate surface area is 132 Å². The predicted molar refractivity (Wildman–Crippen MR) is 90.7 cm³/mol. The maximum Gasteiger partial charge on any atom is 0.253 e. The lowest BCUT2D eigenvalue weighted by molar-refractivity contribution is 0.0939. The van der Waals surface area contributed by atoms with Crippen molar-refractivity contribution in [3.63, 3.8) is 0 Å². The topological polar surface area (TPSA) is 54.0 Å². The van der Waals surface area contributed by atoms with Gasteiger partial charge < -0.3 is 10.6 Å². The van der Waals surface area contributed by atoms with Gasteiger partial charge in [-0.25, -0.2) is 0 Å². The largest absolute Gasteiger partial charge is 0.354 e. The van der Waals surface area contributed by atoms with Crippen LogP contribution in [0.3, 0.4) is 0 Å². The molecular weight excluding hydrogens is 274 g/mol. The lowest BCUT2D eigenvalue weighted by atomic mass is 10.1. The van der Waals surface area contributed by atoms with Crippen molar-refractivity contribution < 1.29 is 4.79 Å². The Morgan fingerprint density at radius 3 is 2.77 bits per heavy atom. The number of nitrogens with zero attached hydrogens (tertiary/aromatic N) is 1. The molecule has 116 valence electrons. The van der Waals surface area contributed by atoms with Crippen LogP contribution in [0, 0.1) is 13.8 Å². The van der Waals surface area contributed by atoms with Crippen molar-refractivity contribution in [2.24, 2.45) is 0 Å². The van der Waals surface area contributed by atoms with Crippen molar-refractivity contribution in [2.75, 3.05) is 5.32 Å². The van der Waals surface area contributed by atoms with Crippen molar-refractivity contribution >= 4 is 17.3 Å². The summed E-state index contributed by atoms with van der Waals surface area (Å²) in [5, 5.41) is 6.28. The fourth-order valence-corrected chi connectivity index (χ4v) is 2.08. The minimum Gasteiger partial charge on any atom is -0.354 e. The van der Waals surface area contributed by atoms with Crippen LogP contribution in [-0.2, 0) is 0 Å². The fourth-order valence-electron chi connectivity index (χ4n) is 2.08. The molecule has 1 aromatic heterocycles. The summed E-state index contributed by atoms with van der Waals surface area (Å²) < 4.78 is 0. The quantitative estimate of drug-likeness (QED) is 0.878. The highest BCUT2D eigenvalue weighted by molar-refractivity contribution is 5.95. The van der Waals surface area contributed by atoms with Gasteiger partial charge in [-0.2, -0.15) is 0 Å². The lowest BCUT2D eigenvalue weighted by Gasteiger charge is -2.13. The zero-order valence-electron chi connectivity index (χ0n) is 13.6. The number of hydrogen-bond donors (Lipinski definition) is 2. The second kappa shape index (κ2) is 7.07. The average Bonchev–Trinajstić information content (AvgIpc) is 2.52. The summed E-state index contributed by atoms with van der Waals surface area (Å²) in [6.45, 7) is 8.19. The number of aryl methyl sites for hydroxylation is 1. The second-order valence-electron chi connectivity index (χ2n) is 5.62. The number of carbonyl (C=O) groups is 1. The van der Waals surface area contributed by atoms with E-state index in [0.717, 1.165) is 17.8 Å². The summed E-state index contributed by atoms with van der Waals surface area (Å²) >= 11 is 0. The Hall–Kier alpha value is -2.36. The summed E-state index contributed by atoms with van der Waals surface area (Å²) in [7, 11) is 0. The molecule has 2 aromatic rings. The van der Waals surface area contributed by atoms with Gasteiger partial charge in [0, 0.05) is 17.9 Å². The molecule has 1 amide bonds. The number of aromatic nitrogens is 1. The third kappa shape index (κ3) is 3.85. The van der Waals surface area contributed by atoms with Crippen LogP contribution < -0.4 is 10.6 Å². The highest BCUT2D eigenvalue weighted by Gasteiger charge is 2.10. The third-order valence-corrected chi connectivity index (χ3v) is 3.87. The second-order valence-corrected chi connectivity index (χ2v) is 5.62. The Balaban J connectivity index is 2.18. The fraction of sp³-hybridized carbons (Fsp3) is 0.333. The molecule has 4 nitrogen and oxygen atoms in total. The van der Waals surface area contributed by atoms with Crippen LogP contribution in [0.1, 0.15) is 41.8 Å². The molecule has 0 aliphatic heterocycles. The number of nitrogens with one attached hydrogen (secondary N) is 2. The monoisotopic (exact) mass is 297 g/mol. The first-order valence-corrected chi connectivity index (χ1v) is 7.60. The van der Waals surface area contributed by atoms with Gasteiger partial charge in [0.05, 0.1) is 17.4 Å². The van der Waals surface area contributed by atoms with Gasteiger partial charge in [0.2, 0.25) is 0 Å². The maximum absolute atomic E-state index is 12.2. The van der Waals surface area contributed by atoms with Crippen LogP contribution in [0.15, 0.2) is 36.7 Å². The van der Waals surface area contributed by atoms with E-state index in [0.29, 0.717) is 5.56 Å². The van der Waals surface area contributed by atoms with Crippen molar-refractivity contribution in [2.45, 2.75) is 40.2 Å². The Morgan fingerprint density at radius 1 is 1.27 bits per heavy atom. The van der Waals surface area contributed by atoms with Crippen LogP contribution >= 0.6 is 0 Å². The summed E-state index contributed by atoms with van der Waals surface area (Å²) in [5.41, 5.74) is 4.82. The highest BCUT2D eigenvalue weighted by Crippen LogP contribution is 2.22. The Morgan fingerprint density at radius 2 is 2.05 bits per heavy atom. The first-order valence-electron chi connectivity index (χ1n) is 7.60. The Kier molecular flexibility index (Phi) is 5.15. The zero-order chi connectivity index (χ0) is 16.1. The zero-order valence-corrected chi connectivity index (χ0v) is 13.6. The molecule has 0 saturated carbocycles. The number of rotatable bonds is 5. The molecule has 0 radical (unpaired) electrons. The van der Waals surface area contributed by atoms with Crippen LogP contribution in [0.5, 0.6) is 0 Å². The van der Waals surface area contributed by atoms with Crippen LogP contribution in [0.2, 0.25) is 0 Å². The van der Waals surface area contributed by atoms with E-state index in [1.807, 2.05) is 32.0 Å². The molecule has 1 atom stereocenters. The normalized spacial score (nSPS) is 11.8. The number of amides is 1. The molecule has 22 heavy (non-hydrogen) atoms. The van der Waals surface area contributed by atoms with E-state index < -0.39 is 0 Å². The molecule has 2 N–H and O–H groups in total. The first kappa shape index (κ1) is 16.0. The minimum atomic E-state index is -0.0912. The van der Waals surface area contributed by atoms with Gasteiger partial charge in [0.15, 0.2) is 0 Å². The molecule has 0 fully saturated rings. The standard InChI is InChI=1S/C18H23N3O/c1-5-13(3)20-18(22)15-9-16(11-19-10-15)21-17-8-6-7-12(2)14(17)4/h6-11,13,21H,5H2,1-4H3,(H,20,22). The summed E-state index contributed by atoms with van der Waals surface area (Å²) in [5.74, 6) is -0.0912. The van der Waals surface area contributed by atoms with Crippen LogP contribution in [0.4, 0.5) is 11.4 Å². The molecule has 0 saturated heterocycles. The molecule has 1 unspecified atom stereocenters. The first-order chi connectivity index (χ1) is 10.5. The van der Waals surface area contributed by atoms with E-state index in [-0.39, 0.29) is 11.9 Å². The van der Waals surface area contributed by atoms with Gasteiger partial charge in [-0.1, -0.05) is 19.1 Å². The number of pyridine rings is 1. The smallest absolute Gasteiger partial charge is 0.253 e. The van der Waals surface area contributed by atoms with Gasteiger partial charge in [-0.3, -0.25) is 9.78 Å². The van der Waals surface area contributed by atoms with Gasteiger partial charge in [-0.15, -0.1) is 0 Å². The molecular formula is C18H23N3O. The molecule has 0 aliphatic rings. The summed E-state index contributed by atoms with van der Waals surface area (Å²) in [4.78, 5) is 16.3. The van der Waals surface area contributed by atoms with Gasteiger partial charge >= 0.3 is 0 Å². The van der Waals surface area contributed by atoms with Crippen molar-refractivity contribution in [1.82, 2.24) is 10.3 Å². The van der Waals surface area contributed by atoms with Crippen molar-refractivity contribution in [3.05, 3.63) is 53.3 Å². The molecule has 0 bridgehead atoms. The van der Waals surface area contributed by atoms with Gasteiger partial charge in [0.1, 0.15) is 0 Å². The van der Waals surface area contributed by atoms with E-state index in [4.69, 9.17) is 0 Å². The van der Waals surface area contributed by atoms with Gasteiger partial charge in [-0.05, 0) is 50.5 Å². The number of hydrogen-bond acceptors (Lipinski definition) is 3. The summed E-state index contributed by atoms with van der Waals surface area (Å²) in [6, 6.07) is 8.09. The lowest BCUT2D eigenvalue weighted by Crippen LogP contribution is -2.31. The van der Waals surface area contributed by atoms with Crippen molar-refractivity contribution in [3.8, 4) is 0 Å². The maximum atomic E-state index is 12.2. The van der Waals surface area contributed by atoms with Crippen LogP contribution in [0.25, 0.3) is 0 Å². The summed E-state index contributed by atoms with van der Waals surface area (Å²) in [6.07, 6.45) is 4.22. The minimum absolute atomic E-state index is 0.0912. The van der Waals surface area contributed by atoms with Crippen molar-refractivity contribution in [1.29, 1.82) is 0 Å². The highest BCUT2D eigenvalue weighted by atomic mass is 16.1. The number of anilines is 2. The molecule has 2 rings (SSSR count). The Bertz CT molecular complexity index is 667. The third-order valence-electron chi connectivity index (χ3n) is 3.87. The molecule has 4 heteroatoms. The molecule has 1 heterocycles.